The Labute approximate surface area is 166 Å². The van der Waals surface area contributed by atoms with Crippen molar-refractivity contribution in [2.24, 2.45) is 0 Å². The van der Waals surface area contributed by atoms with E-state index >= 15 is 0 Å². The lowest BCUT2D eigenvalue weighted by Gasteiger charge is -2.16. The van der Waals surface area contributed by atoms with Gasteiger partial charge in [-0.15, -0.1) is 0 Å². The van der Waals surface area contributed by atoms with E-state index in [-0.39, 0.29) is 18.5 Å². The number of benzene rings is 2. The third-order valence-electron chi connectivity index (χ3n) is 4.38. The van der Waals surface area contributed by atoms with Crippen LogP contribution in [0.4, 0.5) is 5.69 Å². The number of pyridine rings is 1. The van der Waals surface area contributed by atoms with Gasteiger partial charge in [0.2, 0.25) is 5.91 Å². The predicted molar refractivity (Wildman–Crippen MR) is 106 cm³/mol. The number of amides is 1. The molecule has 3 aromatic rings. The highest BCUT2D eigenvalue weighted by Gasteiger charge is 2.23. The number of non-ortho nitro benzene ring substituents is 1. The minimum Gasteiger partial charge on any atom is -0.467 e. The predicted octanol–water partition coefficient (Wildman–Crippen LogP) is 2.59. The van der Waals surface area contributed by atoms with E-state index in [2.05, 4.69) is 10.3 Å². The van der Waals surface area contributed by atoms with Crippen LogP contribution in [0.3, 0.4) is 0 Å². The number of hydrogen-bond acceptors (Lipinski definition) is 6. The second kappa shape index (κ2) is 8.92. The van der Waals surface area contributed by atoms with Crippen LogP contribution >= 0.6 is 0 Å². The highest BCUT2D eigenvalue weighted by Crippen LogP contribution is 2.15. The lowest BCUT2D eigenvalue weighted by Crippen LogP contribution is -2.43. The number of nitrogens with zero attached hydrogens (tertiary/aromatic N) is 2. The Hall–Kier alpha value is -3.81. The van der Waals surface area contributed by atoms with Crippen molar-refractivity contribution in [2.45, 2.75) is 18.9 Å². The number of hydrogen-bond donors (Lipinski definition) is 1. The van der Waals surface area contributed by atoms with Crippen molar-refractivity contribution in [3.8, 4) is 0 Å². The summed E-state index contributed by atoms with van der Waals surface area (Å²) in [5.74, 6) is -1.03. The van der Waals surface area contributed by atoms with E-state index < -0.39 is 22.8 Å². The molecule has 0 aliphatic heterocycles. The maximum absolute atomic E-state index is 12.4. The Morgan fingerprint density at radius 3 is 2.69 bits per heavy atom. The maximum atomic E-state index is 12.4. The molecule has 0 saturated carbocycles. The second-order valence-electron chi connectivity index (χ2n) is 6.45. The molecule has 0 aliphatic rings. The Bertz CT molecular complexity index is 1070. The van der Waals surface area contributed by atoms with Crippen molar-refractivity contribution < 1.29 is 19.2 Å². The van der Waals surface area contributed by atoms with Crippen molar-refractivity contribution >= 4 is 28.5 Å². The molecule has 0 radical (unpaired) electrons. The van der Waals surface area contributed by atoms with E-state index in [0.717, 1.165) is 10.9 Å². The minimum absolute atomic E-state index is 0.0969. The highest BCUT2D eigenvalue weighted by molar-refractivity contribution is 5.86. The van der Waals surface area contributed by atoms with E-state index in [4.69, 9.17) is 4.74 Å². The van der Waals surface area contributed by atoms with Crippen LogP contribution in [0.2, 0.25) is 0 Å². The van der Waals surface area contributed by atoms with Crippen molar-refractivity contribution in [1.29, 1.82) is 0 Å². The Morgan fingerprint density at radius 1 is 1.14 bits per heavy atom. The van der Waals surface area contributed by atoms with Crippen LogP contribution in [0.25, 0.3) is 10.9 Å². The third kappa shape index (κ3) is 5.13. The van der Waals surface area contributed by atoms with E-state index in [0.29, 0.717) is 11.3 Å². The molecule has 0 aliphatic carbocycles. The van der Waals surface area contributed by atoms with Crippen molar-refractivity contribution in [3.63, 3.8) is 0 Å². The number of rotatable bonds is 7. The number of methoxy groups -OCH3 is 1. The van der Waals surface area contributed by atoms with Crippen LogP contribution in [0.15, 0.2) is 60.7 Å². The van der Waals surface area contributed by atoms with Gasteiger partial charge in [-0.25, -0.2) is 4.79 Å². The summed E-state index contributed by atoms with van der Waals surface area (Å²) in [5, 5.41) is 14.5. The number of carbonyl (C=O) groups is 2. The molecule has 2 aromatic carbocycles. The van der Waals surface area contributed by atoms with E-state index in [1.165, 1.54) is 25.3 Å². The third-order valence-corrected chi connectivity index (χ3v) is 4.38. The molecule has 29 heavy (non-hydrogen) atoms. The van der Waals surface area contributed by atoms with Crippen LogP contribution in [0.1, 0.15) is 11.3 Å². The van der Waals surface area contributed by atoms with Gasteiger partial charge in [-0.2, -0.15) is 0 Å². The number of nitro groups is 1. The van der Waals surface area contributed by atoms with Gasteiger partial charge in [0.25, 0.3) is 5.69 Å². The number of nitro benzene ring substituents is 1. The van der Waals surface area contributed by atoms with Gasteiger partial charge >= 0.3 is 5.97 Å². The number of ether oxygens (including phenoxy) is 1. The zero-order valence-electron chi connectivity index (χ0n) is 15.7. The lowest BCUT2D eigenvalue weighted by atomic mass is 10.1. The summed E-state index contributed by atoms with van der Waals surface area (Å²) >= 11 is 0. The molecule has 148 valence electrons. The van der Waals surface area contributed by atoms with Crippen LogP contribution in [0.5, 0.6) is 0 Å². The summed E-state index contributed by atoms with van der Waals surface area (Å²) in [6.45, 7) is 0. The zero-order valence-corrected chi connectivity index (χ0v) is 15.7. The molecule has 1 heterocycles. The van der Waals surface area contributed by atoms with Gasteiger partial charge in [0.05, 0.1) is 24.0 Å². The quantitative estimate of drug-likeness (QED) is 0.375. The van der Waals surface area contributed by atoms with Gasteiger partial charge in [0.15, 0.2) is 0 Å². The van der Waals surface area contributed by atoms with E-state index in [9.17, 15) is 19.7 Å². The molecule has 0 saturated heterocycles. The van der Waals surface area contributed by atoms with E-state index in [1.807, 2.05) is 30.3 Å². The molecule has 3 rings (SSSR count). The second-order valence-corrected chi connectivity index (χ2v) is 6.45. The molecule has 1 aromatic heterocycles. The number of esters is 1. The fourth-order valence-electron chi connectivity index (χ4n) is 2.98. The van der Waals surface area contributed by atoms with Crippen molar-refractivity contribution in [1.82, 2.24) is 10.3 Å². The van der Waals surface area contributed by atoms with Crippen LogP contribution in [0, 0.1) is 10.1 Å². The average molecular weight is 393 g/mol. The van der Waals surface area contributed by atoms with Gasteiger partial charge in [0.1, 0.15) is 6.04 Å². The Balaban J connectivity index is 1.72. The first kappa shape index (κ1) is 19.9. The molecule has 1 N–H and O–H groups in total. The number of carbonyl (C=O) groups excluding carboxylic acids is 2. The van der Waals surface area contributed by atoms with Gasteiger partial charge in [-0.05, 0) is 17.7 Å². The Kier molecular flexibility index (Phi) is 6.13. The molecular weight excluding hydrogens is 374 g/mol. The molecule has 0 unspecified atom stereocenters. The normalized spacial score (nSPS) is 11.6. The molecular formula is C21H19N3O5. The molecule has 0 fully saturated rings. The molecule has 0 bridgehead atoms. The van der Waals surface area contributed by atoms with E-state index in [1.54, 1.807) is 12.1 Å². The molecule has 1 atom stereocenters. The van der Waals surface area contributed by atoms with Crippen molar-refractivity contribution in [2.75, 3.05) is 7.11 Å². The van der Waals surface area contributed by atoms with Crippen LogP contribution < -0.4 is 5.32 Å². The topological polar surface area (TPSA) is 111 Å². The average Bonchev–Trinajstić information content (AvgIpc) is 2.72. The molecule has 8 heteroatoms. The fraction of sp³-hybridized carbons (Fsp3) is 0.190. The summed E-state index contributed by atoms with van der Waals surface area (Å²) < 4.78 is 4.80. The number of fused-ring (bicyclic) bond motifs is 1. The van der Waals surface area contributed by atoms with Gasteiger partial charge < -0.3 is 10.1 Å². The van der Waals surface area contributed by atoms with Crippen LogP contribution in [-0.4, -0.2) is 34.9 Å². The Morgan fingerprint density at radius 2 is 1.93 bits per heavy atom. The summed E-state index contributed by atoms with van der Waals surface area (Å²) in [4.78, 5) is 39.4. The van der Waals surface area contributed by atoms with Gasteiger partial charge in [-0.3, -0.25) is 19.9 Å². The van der Waals surface area contributed by atoms with Gasteiger partial charge in [-0.1, -0.05) is 36.4 Å². The fourth-order valence-corrected chi connectivity index (χ4v) is 2.98. The minimum atomic E-state index is -0.917. The summed E-state index contributed by atoms with van der Waals surface area (Å²) in [6, 6.07) is 16.2. The molecule has 1 amide bonds. The van der Waals surface area contributed by atoms with Crippen molar-refractivity contribution in [3.05, 3.63) is 82.0 Å². The zero-order chi connectivity index (χ0) is 20.8. The summed E-state index contributed by atoms with van der Waals surface area (Å²) in [5.41, 5.74) is 1.80. The lowest BCUT2D eigenvalue weighted by molar-refractivity contribution is -0.384. The molecule has 0 spiro atoms. The maximum Gasteiger partial charge on any atom is 0.328 e. The standard InChI is InChI=1S/C21H19N3O5/c1-29-21(26)19(13-16-10-9-15-6-2-3-8-18(15)22-16)23-20(25)12-14-5-4-7-17(11-14)24(27)28/h2-11,19H,12-13H2,1H3,(H,23,25)/t19-/m0/s1. The largest absolute Gasteiger partial charge is 0.467 e. The first-order valence-electron chi connectivity index (χ1n) is 8.91. The highest BCUT2D eigenvalue weighted by atomic mass is 16.6. The smallest absolute Gasteiger partial charge is 0.328 e. The molecule has 8 nitrogen and oxygen atoms in total. The SMILES string of the molecule is COC(=O)[C@H](Cc1ccc2ccccc2n1)NC(=O)Cc1cccc([N+](=O)[O-])c1. The first-order valence-corrected chi connectivity index (χ1v) is 8.91. The van der Waals surface area contributed by atoms with Gasteiger partial charge in [0, 0.05) is 29.6 Å². The monoisotopic (exact) mass is 393 g/mol. The summed E-state index contributed by atoms with van der Waals surface area (Å²) in [7, 11) is 1.25. The number of aromatic nitrogens is 1. The summed E-state index contributed by atoms with van der Waals surface area (Å²) in [6.07, 6.45) is 0.0680. The number of para-hydroxylation sites is 1. The number of nitrogens with one attached hydrogen (secondary N) is 1. The van der Waals surface area contributed by atoms with Crippen LogP contribution in [-0.2, 0) is 27.2 Å². The first-order chi connectivity index (χ1) is 14.0.